The Kier molecular flexibility index (Phi) is 4.17. The van der Waals surface area contributed by atoms with Gasteiger partial charge in [-0.25, -0.2) is 0 Å². The number of ketones is 1. The van der Waals surface area contributed by atoms with E-state index in [0.29, 0.717) is 24.4 Å². The van der Waals surface area contributed by atoms with Crippen LogP contribution in [0.3, 0.4) is 0 Å². The second-order valence-electron chi connectivity index (χ2n) is 6.60. The maximum Gasteiger partial charge on any atom is 0.159 e. The van der Waals surface area contributed by atoms with Crippen LogP contribution in [-0.2, 0) is 17.8 Å². The molecule has 1 heterocycles. The van der Waals surface area contributed by atoms with Crippen molar-refractivity contribution in [3.63, 3.8) is 0 Å². The van der Waals surface area contributed by atoms with E-state index in [-0.39, 0.29) is 5.78 Å². The fourth-order valence-electron chi connectivity index (χ4n) is 3.35. The number of aromatic nitrogens is 2. The van der Waals surface area contributed by atoms with Crippen LogP contribution in [0.25, 0.3) is 0 Å². The number of rotatable bonds is 3. The van der Waals surface area contributed by atoms with Gasteiger partial charge in [0.15, 0.2) is 5.78 Å². The molecule has 0 spiro atoms. The highest BCUT2D eigenvalue weighted by molar-refractivity contribution is 6.31. The summed E-state index contributed by atoms with van der Waals surface area (Å²) in [6.07, 6.45) is 2.70. The minimum absolute atomic E-state index is 0.0429. The van der Waals surface area contributed by atoms with Crippen LogP contribution < -0.4 is 0 Å². The molecular formula is C16H22ClN3O. The van der Waals surface area contributed by atoms with Crippen LogP contribution in [0.4, 0.5) is 0 Å². The lowest BCUT2D eigenvalue weighted by Gasteiger charge is -2.39. The summed E-state index contributed by atoms with van der Waals surface area (Å²) in [5.41, 5.74) is 0.158. The molecule has 0 amide bonds. The predicted octanol–water partition coefficient (Wildman–Crippen LogP) is 3.70. The van der Waals surface area contributed by atoms with Gasteiger partial charge in [0, 0.05) is 18.4 Å². The summed E-state index contributed by atoms with van der Waals surface area (Å²) in [7, 11) is 0. The monoisotopic (exact) mass is 307 g/mol. The van der Waals surface area contributed by atoms with Crippen molar-refractivity contribution in [1.29, 1.82) is 5.26 Å². The highest BCUT2D eigenvalue weighted by Gasteiger charge is 2.49. The number of carbonyl (C=O) groups is 1. The van der Waals surface area contributed by atoms with Crippen molar-refractivity contribution in [2.45, 2.75) is 59.9 Å². The lowest BCUT2D eigenvalue weighted by molar-refractivity contribution is -0.138. The van der Waals surface area contributed by atoms with Crippen molar-refractivity contribution >= 4 is 17.4 Å². The maximum atomic E-state index is 12.8. The molecule has 1 aliphatic carbocycles. The molecule has 2 rings (SSSR count). The first-order chi connectivity index (χ1) is 9.77. The largest absolute Gasteiger partial charge is 0.297 e. The van der Waals surface area contributed by atoms with Crippen LogP contribution >= 0.6 is 11.6 Å². The van der Waals surface area contributed by atoms with Crippen LogP contribution in [0.5, 0.6) is 0 Å². The van der Waals surface area contributed by atoms with Gasteiger partial charge in [0.2, 0.25) is 0 Å². The smallest absolute Gasteiger partial charge is 0.159 e. The zero-order chi connectivity index (χ0) is 15.8. The number of carbonyl (C=O) groups excluding carboxylic acids is 1. The summed E-state index contributed by atoms with van der Waals surface area (Å²) in [4.78, 5) is 12.8. The molecule has 0 aromatic carbocycles. The van der Waals surface area contributed by atoms with Crippen molar-refractivity contribution in [2.75, 3.05) is 0 Å². The van der Waals surface area contributed by atoms with E-state index in [1.165, 1.54) is 0 Å². The van der Waals surface area contributed by atoms with Crippen molar-refractivity contribution in [3.05, 3.63) is 16.4 Å². The molecule has 1 unspecified atom stereocenters. The molecule has 0 N–H and O–H groups in total. The van der Waals surface area contributed by atoms with E-state index in [2.05, 4.69) is 11.2 Å². The summed E-state index contributed by atoms with van der Waals surface area (Å²) >= 11 is 6.35. The third-order valence-electron chi connectivity index (χ3n) is 4.59. The third kappa shape index (κ3) is 2.60. The Morgan fingerprint density at radius 3 is 2.67 bits per heavy atom. The zero-order valence-corrected chi connectivity index (χ0v) is 13.9. The van der Waals surface area contributed by atoms with Crippen LogP contribution in [0, 0.1) is 29.1 Å². The van der Waals surface area contributed by atoms with Crippen LogP contribution in [0.15, 0.2) is 0 Å². The van der Waals surface area contributed by atoms with Crippen LogP contribution in [-0.4, -0.2) is 15.6 Å². The molecule has 1 aromatic rings. The number of hydrogen-bond acceptors (Lipinski definition) is 3. The average Bonchev–Trinajstić information content (AvgIpc) is 2.71. The van der Waals surface area contributed by atoms with Gasteiger partial charge in [-0.1, -0.05) is 31.9 Å². The Bertz CT molecular complexity index is 612. The number of hydrogen-bond donors (Lipinski definition) is 0. The summed E-state index contributed by atoms with van der Waals surface area (Å²) in [6, 6.07) is 2.31. The van der Waals surface area contributed by atoms with Gasteiger partial charge in [-0.05, 0) is 26.7 Å². The van der Waals surface area contributed by atoms with Gasteiger partial charge in [-0.3, -0.25) is 9.48 Å². The van der Waals surface area contributed by atoms with Crippen molar-refractivity contribution in [1.82, 2.24) is 9.78 Å². The Labute approximate surface area is 131 Å². The standard InChI is InChI=1S/C16H22ClN3O/c1-5-20-12(13(17)11(2)19-20)9-16(10-18)8-6-7-15(3,4)14(16)21/h5-9H2,1-4H3. The van der Waals surface area contributed by atoms with Crippen molar-refractivity contribution < 1.29 is 4.79 Å². The van der Waals surface area contributed by atoms with Gasteiger partial charge >= 0.3 is 0 Å². The first-order valence-corrected chi connectivity index (χ1v) is 7.83. The third-order valence-corrected chi connectivity index (χ3v) is 5.08. The fraction of sp³-hybridized carbons (Fsp3) is 0.688. The molecule has 0 bridgehead atoms. The molecule has 0 aliphatic heterocycles. The zero-order valence-electron chi connectivity index (χ0n) is 13.2. The second kappa shape index (κ2) is 5.46. The quantitative estimate of drug-likeness (QED) is 0.855. The Morgan fingerprint density at radius 2 is 2.10 bits per heavy atom. The summed E-state index contributed by atoms with van der Waals surface area (Å²) in [6.45, 7) is 8.39. The predicted molar refractivity (Wildman–Crippen MR) is 82.0 cm³/mol. The molecule has 0 saturated heterocycles. The van der Waals surface area contributed by atoms with E-state index in [4.69, 9.17) is 11.6 Å². The lowest BCUT2D eigenvalue weighted by atomic mass is 9.61. The Morgan fingerprint density at radius 1 is 1.43 bits per heavy atom. The van der Waals surface area contributed by atoms with Gasteiger partial charge in [0.05, 0.1) is 22.5 Å². The molecule has 1 aliphatic rings. The fourth-order valence-corrected chi connectivity index (χ4v) is 3.55. The number of Topliss-reactive ketones (excluding diaryl/α,β-unsaturated/α-hetero) is 1. The van der Waals surface area contributed by atoms with Crippen LogP contribution in [0.2, 0.25) is 5.02 Å². The number of aryl methyl sites for hydroxylation is 2. The number of nitrogens with zero attached hydrogens (tertiary/aromatic N) is 3. The van der Waals surface area contributed by atoms with E-state index in [1.54, 1.807) is 0 Å². The lowest BCUT2D eigenvalue weighted by Crippen LogP contribution is -2.45. The topological polar surface area (TPSA) is 58.7 Å². The SMILES string of the molecule is CCn1nc(C)c(Cl)c1CC1(C#N)CCCC(C)(C)C1=O. The van der Waals surface area contributed by atoms with Crippen molar-refractivity contribution in [2.24, 2.45) is 10.8 Å². The first-order valence-electron chi connectivity index (χ1n) is 7.45. The molecule has 1 atom stereocenters. The number of nitriles is 1. The minimum atomic E-state index is -0.967. The first kappa shape index (κ1) is 16.0. The maximum absolute atomic E-state index is 12.8. The molecule has 0 radical (unpaired) electrons. The molecule has 21 heavy (non-hydrogen) atoms. The molecule has 114 valence electrons. The average molecular weight is 308 g/mol. The van der Waals surface area contributed by atoms with Crippen LogP contribution in [0.1, 0.15) is 51.4 Å². The molecule has 1 fully saturated rings. The normalized spacial score (nSPS) is 24.9. The highest BCUT2D eigenvalue weighted by Crippen LogP contribution is 2.45. The second-order valence-corrected chi connectivity index (χ2v) is 6.98. The highest BCUT2D eigenvalue weighted by atomic mass is 35.5. The van der Waals surface area contributed by atoms with E-state index < -0.39 is 10.8 Å². The minimum Gasteiger partial charge on any atom is -0.297 e. The van der Waals surface area contributed by atoms with E-state index in [9.17, 15) is 10.1 Å². The van der Waals surface area contributed by atoms with Gasteiger partial charge in [0.1, 0.15) is 5.41 Å². The molecule has 4 nitrogen and oxygen atoms in total. The van der Waals surface area contributed by atoms with E-state index in [1.807, 2.05) is 32.4 Å². The van der Waals surface area contributed by atoms with Gasteiger partial charge in [0.25, 0.3) is 0 Å². The molecule has 1 aromatic heterocycles. The molecule has 5 heteroatoms. The van der Waals surface area contributed by atoms with Gasteiger partial charge < -0.3 is 0 Å². The Hall–Kier alpha value is -1.34. The van der Waals surface area contributed by atoms with E-state index in [0.717, 1.165) is 24.2 Å². The number of halogens is 1. The van der Waals surface area contributed by atoms with E-state index >= 15 is 0 Å². The van der Waals surface area contributed by atoms with Gasteiger partial charge in [-0.15, -0.1) is 0 Å². The Balaban J connectivity index is 2.45. The van der Waals surface area contributed by atoms with Crippen molar-refractivity contribution in [3.8, 4) is 6.07 Å². The molecule has 1 saturated carbocycles. The molecular weight excluding hydrogens is 286 g/mol. The summed E-state index contributed by atoms with van der Waals surface area (Å²) < 4.78 is 1.81. The summed E-state index contributed by atoms with van der Waals surface area (Å²) in [5, 5.41) is 14.7. The summed E-state index contributed by atoms with van der Waals surface area (Å²) in [5.74, 6) is 0.0429. The van der Waals surface area contributed by atoms with Gasteiger partial charge in [-0.2, -0.15) is 10.4 Å².